The van der Waals surface area contributed by atoms with Crippen molar-refractivity contribution < 1.29 is 14.7 Å². The van der Waals surface area contributed by atoms with Crippen LogP contribution in [0.5, 0.6) is 0 Å². The molecule has 0 aromatic carbocycles. The van der Waals surface area contributed by atoms with Crippen LogP contribution in [0, 0.1) is 17.8 Å². The lowest BCUT2D eigenvalue weighted by Crippen LogP contribution is -2.44. The van der Waals surface area contributed by atoms with E-state index in [-0.39, 0.29) is 23.5 Å². The molecule has 1 aliphatic heterocycles. The molecule has 0 amide bonds. The number of carbonyl (C=O) groups excluding carboxylic acids is 1. The molecule has 0 bridgehead atoms. The SMILES string of the molecule is CCCCC1=C[C@H]2CN(C(C(=O)O)C(C)C)C[C@H]2C1=O. The molecule has 1 saturated heterocycles. The number of carboxylic acids is 1. The maximum atomic E-state index is 12.4. The Labute approximate surface area is 120 Å². The van der Waals surface area contributed by atoms with E-state index in [1.54, 1.807) is 0 Å². The summed E-state index contributed by atoms with van der Waals surface area (Å²) in [5.74, 6) is -0.219. The number of nitrogens with zero attached hydrogens (tertiary/aromatic N) is 1. The van der Waals surface area contributed by atoms with Crippen LogP contribution in [0.2, 0.25) is 0 Å². The molecule has 112 valence electrons. The van der Waals surface area contributed by atoms with Crippen LogP contribution in [0.4, 0.5) is 0 Å². The summed E-state index contributed by atoms with van der Waals surface area (Å²) < 4.78 is 0. The molecule has 3 atom stereocenters. The van der Waals surface area contributed by atoms with Gasteiger partial charge in [0.2, 0.25) is 0 Å². The van der Waals surface area contributed by atoms with Gasteiger partial charge in [0.15, 0.2) is 5.78 Å². The zero-order valence-corrected chi connectivity index (χ0v) is 12.6. The van der Waals surface area contributed by atoms with Gasteiger partial charge in [-0.05, 0) is 24.3 Å². The van der Waals surface area contributed by atoms with Gasteiger partial charge in [-0.3, -0.25) is 14.5 Å². The van der Waals surface area contributed by atoms with E-state index in [1.807, 2.05) is 18.7 Å². The predicted octanol–water partition coefficient (Wildman–Crippen LogP) is 2.34. The van der Waals surface area contributed by atoms with E-state index in [1.165, 1.54) is 0 Å². The number of likely N-dealkylation sites (tertiary alicyclic amines) is 1. The average Bonchev–Trinajstić information content (AvgIpc) is 2.86. The third-order valence-corrected chi connectivity index (χ3v) is 4.54. The van der Waals surface area contributed by atoms with Gasteiger partial charge in [-0.25, -0.2) is 0 Å². The normalized spacial score (nSPS) is 27.8. The highest BCUT2D eigenvalue weighted by Gasteiger charge is 2.45. The maximum Gasteiger partial charge on any atom is 0.321 e. The lowest BCUT2D eigenvalue weighted by Gasteiger charge is -2.27. The third-order valence-electron chi connectivity index (χ3n) is 4.54. The van der Waals surface area contributed by atoms with E-state index in [2.05, 4.69) is 13.0 Å². The third kappa shape index (κ3) is 2.80. The first kappa shape index (κ1) is 15.2. The number of hydrogen-bond donors (Lipinski definition) is 1. The minimum absolute atomic E-state index is 0.00227. The lowest BCUT2D eigenvalue weighted by atomic mass is 9.97. The van der Waals surface area contributed by atoms with Gasteiger partial charge in [-0.15, -0.1) is 0 Å². The van der Waals surface area contributed by atoms with Crippen molar-refractivity contribution in [2.45, 2.75) is 46.1 Å². The lowest BCUT2D eigenvalue weighted by molar-refractivity contribution is -0.144. The Morgan fingerprint density at radius 1 is 1.45 bits per heavy atom. The first-order valence-electron chi connectivity index (χ1n) is 7.67. The van der Waals surface area contributed by atoms with E-state index in [4.69, 9.17) is 0 Å². The molecule has 2 rings (SSSR count). The topological polar surface area (TPSA) is 57.6 Å². The monoisotopic (exact) mass is 279 g/mol. The van der Waals surface area contributed by atoms with Crippen molar-refractivity contribution in [3.8, 4) is 0 Å². The van der Waals surface area contributed by atoms with Gasteiger partial charge in [-0.1, -0.05) is 33.3 Å². The van der Waals surface area contributed by atoms with Crippen molar-refractivity contribution in [1.82, 2.24) is 4.90 Å². The number of allylic oxidation sites excluding steroid dienone is 1. The van der Waals surface area contributed by atoms with Gasteiger partial charge in [0.25, 0.3) is 0 Å². The minimum Gasteiger partial charge on any atom is -0.480 e. The Kier molecular flexibility index (Phi) is 4.63. The second-order valence-corrected chi connectivity index (χ2v) is 6.41. The minimum atomic E-state index is -0.775. The van der Waals surface area contributed by atoms with Crippen molar-refractivity contribution in [2.24, 2.45) is 17.8 Å². The van der Waals surface area contributed by atoms with Crippen molar-refractivity contribution >= 4 is 11.8 Å². The molecule has 1 N–H and O–H groups in total. The fourth-order valence-corrected chi connectivity index (χ4v) is 3.55. The van der Waals surface area contributed by atoms with Crippen LogP contribution in [-0.4, -0.2) is 40.9 Å². The number of Topliss-reactive ketones (excluding diaryl/α,β-unsaturated/α-hetero) is 1. The smallest absolute Gasteiger partial charge is 0.321 e. The molecule has 1 fully saturated rings. The Morgan fingerprint density at radius 3 is 2.65 bits per heavy atom. The van der Waals surface area contributed by atoms with E-state index >= 15 is 0 Å². The van der Waals surface area contributed by atoms with Crippen LogP contribution in [0.1, 0.15) is 40.0 Å². The van der Waals surface area contributed by atoms with Crippen molar-refractivity contribution in [2.75, 3.05) is 13.1 Å². The zero-order chi connectivity index (χ0) is 14.9. The number of rotatable bonds is 6. The molecule has 20 heavy (non-hydrogen) atoms. The Balaban J connectivity index is 2.05. The second-order valence-electron chi connectivity index (χ2n) is 6.41. The highest BCUT2D eigenvalue weighted by atomic mass is 16.4. The number of unbranched alkanes of at least 4 members (excludes halogenated alkanes) is 1. The first-order chi connectivity index (χ1) is 9.45. The maximum absolute atomic E-state index is 12.4. The van der Waals surface area contributed by atoms with Gasteiger partial charge in [0, 0.05) is 24.9 Å². The highest BCUT2D eigenvalue weighted by molar-refractivity contribution is 6.00. The molecule has 0 spiro atoms. The summed E-state index contributed by atoms with van der Waals surface area (Å²) in [5.41, 5.74) is 0.984. The Morgan fingerprint density at radius 2 is 2.15 bits per heavy atom. The molecule has 0 aromatic rings. The summed E-state index contributed by atoms with van der Waals surface area (Å²) in [4.78, 5) is 25.7. The van der Waals surface area contributed by atoms with E-state index in [0.717, 1.165) is 24.8 Å². The van der Waals surface area contributed by atoms with Gasteiger partial charge < -0.3 is 5.11 Å². The van der Waals surface area contributed by atoms with Crippen molar-refractivity contribution in [3.63, 3.8) is 0 Å². The van der Waals surface area contributed by atoms with E-state index in [0.29, 0.717) is 13.1 Å². The van der Waals surface area contributed by atoms with Crippen molar-refractivity contribution in [1.29, 1.82) is 0 Å². The van der Waals surface area contributed by atoms with Crippen LogP contribution in [-0.2, 0) is 9.59 Å². The summed E-state index contributed by atoms with van der Waals surface area (Å²) in [5, 5.41) is 9.36. The molecular formula is C16H25NO3. The van der Waals surface area contributed by atoms with Crippen LogP contribution >= 0.6 is 0 Å². The number of aliphatic carboxylic acids is 1. The summed E-state index contributed by atoms with van der Waals surface area (Å²) in [6.45, 7) is 7.29. The Hall–Kier alpha value is -1.16. The molecule has 2 aliphatic rings. The summed E-state index contributed by atoms with van der Waals surface area (Å²) in [7, 11) is 0. The fraction of sp³-hybridized carbons (Fsp3) is 0.750. The molecule has 1 heterocycles. The standard InChI is InChI=1S/C16H25NO3/c1-4-5-6-11-7-12-8-17(9-13(12)15(11)18)14(10(2)3)16(19)20/h7,10,12-14H,4-6,8-9H2,1-3H3,(H,19,20)/t12-,13+,14?/m0/s1. The summed E-state index contributed by atoms with van der Waals surface area (Å²) >= 11 is 0. The average molecular weight is 279 g/mol. The predicted molar refractivity (Wildman–Crippen MR) is 77.4 cm³/mol. The van der Waals surface area contributed by atoms with E-state index < -0.39 is 12.0 Å². The molecule has 0 saturated carbocycles. The van der Waals surface area contributed by atoms with E-state index in [9.17, 15) is 14.7 Å². The van der Waals surface area contributed by atoms with Gasteiger partial charge in [0.05, 0.1) is 0 Å². The molecule has 0 radical (unpaired) electrons. The number of carboxylic acid groups (broad SMARTS) is 1. The zero-order valence-electron chi connectivity index (χ0n) is 12.6. The number of carbonyl (C=O) groups is 2. The summed E-state index contributed by atoms with van der Waals surface area (Å²) in [6.07, 6.45) is 5.15. The van der Waals surface area contributed by atoms with Gasteiger partial charge in [-0.2, -0.15) is 0 Å². The Bertz CT molecular complexity index is 427. The molecule has 0 aromatic heterocycles. The molecule has 4 nitrogen and oxygen atoms in total. The van der Waals surface area contributed by atoms with Crippen LogP contribution in [0.3, 0.4) is 0 Å². The van der Waals surface area contributed by atoms with Crippen molar-refractivity contribution in [3.05, 3.63) is 11.6 Å². The molecular weight excluding hydrogens is 254 g/mol. The summed E-state index contributed by atoms with van der Waals surface area (Å²) in [6, 6.07) is -0.471. The molecule has 1 unspecified atom stereocenters. The second kappa shape index (κ2) is 6.08. The number of hydrogen-bond acceptors (Lipinski definition) is 3. The fourth-order valence-electron chi connectivity index (χ4n) is 3.55. The van der Waals surface area contributed by atoms with Gasteiger partial charge in [0.1, 0.15) is 6.04 Å². The molecule has 4 heteroatoms. The van der Waals surface area contributed by atoms with Crippen LogP contribution < -0.4 is 0 Å². The number of fused-ring (bicyclic) bond motifs is 1. The van der Waals surface area contributed by atoms with Gasteiger partial charge >= 0.3 is 5.97 Å². The largest absolute Gasteiger partial charge is 0.480 e. The van der Waals surface area contributed by atoms with Crippen LogP contribution in [0.15, 0.2) is 11.6 Å². The quantitative estimate of drug-likeness (QED) is 0.811. The molecule has 1 aliphatic carbocycles. The van der Waals surface area contributed by atoms with Crippen LogP contribution in [0.25, 0.3) is 0 Å². The highest BCUT2D eigenvalue weighted by Crippen LogP contribution is 2.37. The first-order valence-corrected chi connectivity index (χ1v) is 7.67. The number of ketones is 1.